The molecule has 0 rings (SSSR count). The monoisotopic (exact) mass is 831 g/mol. The van der Waals surface area contributed by atoms with Crippen molar-refractivity contribution >= 4 is 19.8 Å². The number of carbonyl (C=O) groups is 2. The van der Waals surface area contributed by atoms with E-state index in [9.17, 15) is 19.0 Å². The number of unbranched alkanes of at least 4 members (excludes halogenated alkanes) is 28. The number of phosphoric ester groups is 1. The lowest BCUT2D eigenvalue weighted by atomic mass is 10.0. The van der Waals surface area contributed by atoms with Gasteiger partial charge >= 0.3 is 19.8 Å². The van der Waals surface area contributed by atoms with Crippen molar-refractivity contribution in [3.8, 4) is 0 Å². The molecule has 0 aromatic rings. The second kappa shape index (κ2) is 40.2. The number of rotatable bonds is 44. The van der Waals surface area contributed by atoms with Gasteiger partial charge in [-0.05, 0) is 38.5 Å². The highest BCUT2D eigenvalue weighted by atomic mass is 31.2. The van der Waals surface area contributed by atoms with Crippen LogP contribution in [0.2, 0.25) is 0 Å². The lowest BCUT2D eigenvalue weighted by molar-refractivity contribution is -0.870. The van der Waals surface area contributed by atoms with Crippen LogP contribution in [-0.4, -0.2) is 74.9 Å². The Labute approximate surface area is 352 Å². The molecule has 0 bridgehead atoms. The lowest BCUT2D eigenvalue weighted by Crippen LogP contribution is -2.37. The molecule has 0 spiro atoms. The van der Waals surface area contributed by atoms with Crippen molar-refractivity contribution in [3.05, 3.63) is 12.2 Å². The topological polar surface area (TPSA) is 108 Å². The van der Waals surface area contributed by atoms with Gasteiger partial charge in [0.25, 0.3) is 0 Å². The minimum atomic E-state index is -4.37. The molecule has 0 saturated heterocycles. The number of hydrogen-bond donors (Lipinski definition) is 1. The summed E-state index contributed by atoms with van der Waals surface area (Å²) in [5.41, 5.74) is 0. The van der Waals surface area contributed by atoms with E-state index in [0.717, 1.165) is 51.4 Å². The lowest BCUT2D eigenvalue weighted by Gasteiger charge is -2.24. The summed E-state index contributed by atoms with van der Waals surface area (Å²) < 4.78 is 34.3. The van der Waals surface area contributed by atoms with E-state index >= 15 is 0 Å². The van der Waals surface area contributed by atoms with Crippen LogP contribution in [0.15, 0.2) is 12.2 Å². The third-order valence-electron chi connectivity index (χ3n) is 10.5. The summed E-state index contributed by atoms with van der Waals surface area (Å²) >= 11 is 0. The second-order valence-corrected chi connectivity index (χ2v) is 19.0. The van der Waals surface area contributed by atoms with Crippen molar-refractivity contribution in [2.24, 2.45) is 0 Å². The summed E-state index contributed by atoms with van der Waals surface area (Å²) in [6.45, 7) is 4.42. The number of nitrogens with zero attached hydrogens (tertiary/aromatic N) is 1. The van der Waals surface area contributed by atoms with Crippen LogP contribution >= 0.6 is 7.82 Å². The minimum absolute atomic E-state index is 0.0332. The van der Waals surface area contributed by atoms with Crippen LogP contribution in [-0.2, 0) is 32.7 Å². The Morgan fingerprint density at radius 1 is 0.526 bits per heavy atom. The number of esters is 2. The van der Waals surface area contributed by atoms with Crippen LogP contribution in [0.25, 0.3) is 0 Å². The number of phosphoric acid groups is 1. The summed E-state index contributed by atoms with van der Waals surface area (Å²) in [5.74, 6) is -0.797. The zero-order valence-corrected chi connectivity index (χ0v) is 39.0. The molecule has 1 unspecified atom stereocenters. The summed E-state index contributed by atoms with van der Waals surface area (Å²) in [7, 11) is 1.48. The van der Waals surface area contributed by atoms with Gasteiger partial charge in [-0.1, -0.05) is 187 Å². The fourth-order valence-electron chi connectivity index (χ4n) is 6.77. The SMILES string of the molecule is CCCCC/C=C/CCCCCCCC(=O)O[C@@H](COC(=O)CCCCCCCCCCCCCCCCCCCCCCC)COP(=O)(O)OCC[N+](C)(C)C. The Morgan fingerprint density at radius 2 is 0.895 bits per heavy atom. The molecule has 0 radical (unpaired) electrons. The largest absolute Gasteiger partial charge is 0.472 e. The van der Waals surface area contributed by atoms with E-state index in [0.29, 0.717) is 23.9 Å². The van der Waals surface area contributed by atoms with E-state index in [-0.39, 0.29) is 25.6 Å². The number of ether oxygens (including phenoxy) is 2. The van der Waals surface area contributed by atoms with Crippen LogP contribution in [0, 0.1) is 0 Å². The van der Waals surface area contributed by atoms with Gasteiger partial charge in [-0.25, -0.2) is 4.57 Å². The van der Waals surface area contributed by atoms with E-state index in [1.807, 2.05) is 21.1 Å². The first-order valence-corrected chi connectivity index (χ1v) is 25.4. The molecule has 0 amide bonds. The van der Waals surface area contributed by atoms with Gasteiger partial charge in [0.1, 0.15) is 19.8 Å². The molecule has 0 saturated carbocycles. The van der Waals surface area contributed by atoms with Crippen molar-refractivity contribution in [1.29, 1.82) is 0 Å². The molecule has 0 aliphatic heterocycles. The van der Waals surface area contributed by atoms with Gasteiger partial charge < -0.3 is 18.9 Å². The first-order chi connectivity index (χ1) is 27.5. The molecular formula is C47H93NO8P+. The highest BCUT2D eigenvalue weighted by Gasteiger charge is 2.27. The van der Waals surface area contributed by atoms with E-state index in [1.54, 1.807) is 0 Å². The molecular weight excluding hydrogens is 737 g/mol. The second-order valence-electron chi connectivity index (χ2n) is 17.5. The van der Waals surface area contributed by atoms with Gasteiger partial charge in [0.2, 0.25) is 0 Å². The predicted molar refractivity (Wildman–Crippen MR) is 238 cm³/mol. The Balaban J connectivity index is 4.19. The highest BCUT2D eigenvalue weighted by molar-refractivity contribution is 7.47. The number of quaternary nitrogens is 1. The molecule has 0 heterocycles. The van der Waals surface area contributed by atoms with Gasteiger partial charge in [-0.2, -0.15) is 0 Å². The molecule has 338 valence electrons. The van der Waals surface area contributed by atoms with Gasteiger partial charge in [-0.15, -0.1) is 0 Å². The first-order valence-electron chi connectivity index (χ1n) is 23.9. The van der Waals surface area contributed by atoms with Crippen LogP contribution in [0.5, 0.6) is 0 Å². The molecule has 0 aliphatic carbocycles. The van der Waals surface area contributed by atoms with E-state index < -0.39 is 26.5 Å². The summed E-state index contributed by atoms with van der Waals surface area (Å²) in [6.07, 6.45) is 42.6. The Morgan fingerprint density at radius 3 is 1.33 bits per heavy atom. The van der Waals surface area contributed by atoms with Crippen molar-refractivity contribution in [2.45, 2.75) is 232 Å². The average molecular weight is 831 g/mol. The predicted octanol–water partition coefficient (Wildman–Crippen LogP) is 13.8. The molecule has 10 heteroatoms. The van der Waals surface area contributed by atoms with Gasteiger partial charge in [0, 0.05) is 12.8 Å². The highest BCUT2D eigenvalue weighted by Crippen LogP contribution is 2.43. The third kappa shape index (κ3) is 44.1. The van der Waals surface area contributed by atoms with E-state index in [2.05, 4.69) is 26.0 Å². The maximum atomic E-state index is 12.7. The molecule has 0 aromatic carbocycles. The zero-order valence-electron chi connectivity index (χ0n) is 38.1. The van der Waals surface area contributed by atoms with Crippen molar-refractivity contribution < 1.29 is 42.1 Å². The number of hydrogen-bond acceptors (Lipinski definition) is 7. The van der Waals surface area contributed by atoms with Gasteiger partial charge in [-0.3, -0.25) is 18.6 Å². The maximum absolute atomic E-state index is 12.7. The summed E-state index contributed by atoms with van der Waals surface area (Å²) in [4.78, 5) is 35.4. The van der Waals surface area contributed by atoms with E-state index in [4.69, 9.17) is 18.5 Å². The number of allylic oxidation sites excluding steroid dienone is 2. The molecule has 0 aromatic heterocycles. The number of likely N-dealkylation sites (N-methyl/N-ethyl adjacent to an activating group) is 1. The van der Waals surface area contributed by atoms with E-state index in [1.165, 1.54) is 141 Å². The average Bonchev–Trinajstić information content (AvgIpc) is 3.16. The zero-order chi connectivity index (χ0) is 42.1. The fraction of sp³-hybridized carbons (Fsp3) is 0.915. The normalized spacial score (nSPS) is 13.6. The van der Waals surface area contributed by atoms with Crippen LogP contribution in [0.4, 0.5) is 0 Å². The van der Waals surface area contributed by atoms with Crippen molar-refractivity contribution in [2.75, 3.05) is 47.5 Å². The fourth-order valence-corrected chi connectivity index (χ4v) is 7.52. The maximum Gasteiger partial charge on any atom is 0.472 e. The quantitative estimate of drug-likeness (QED) is 0.0213. The summed E-state index contributed by atoms with van der Waals surface area (Å²) in [6, 6.07) is 0. The third-order valence-corrected chi connectivity index (χ3v) is 11.5. The number of carbonyl (C=O) groups excluding carboxylic acids is 2. The standard InChI is InChI=1S/C47H92NO8P/c1-6-8-10-12-14-16-18-20-21-22-23-24-25-26-27-28-30-31-33-35-37-39-46(49)53-43-45(44-55-57(51,52)54-42-41-48(3,4)5)56-47(50)40-38-36-34-32-29-19-17-15-13-11-9-7-2/h15,17,45H,6-14,16,18-44H2,1-5H3/p+1/b17-15+/t45-/m0/s1. The van der Waals surface area contributed by atoms with Crippen molar-refractivity contribution in [3.63, 3.8) is 0 Å². The smallest absolute Gasteiger partial charge is 0.462 e. The van der Waals surface area contributed by atoms with Gasteiger partial charge in [0.05, 0.1) is 27.7 Å². The minimum Gasteiger partial charge on any atom is -0.462 e. The van der Waals surface area contributed by atoms with Crippen LogP contribution in [0.3, 0.4) is 0 Å². The molecule has 9 nitrogen and oxygen atoms in total. The molecule has 1 N–H and O–H groups in total. The Bertz CT molecular complexity index is 985. The Hall–Kier alpha value is -1.25. The van der Waals surface area contributed by atoms with Crippen molar-refractivity contribution in [1.82, 2.24) is 0 Å². The molecule has 57 heavy (non-hydrogen) atoms. The summed E-state index contributed by atoms with van der Waals surface area (Å²) in [5, 5.41) is 0. The Kier molecular flexibility index (Phi) is 39.3. The van der Waals surface area contributed by atoms with Crippen LogP contribution < -0.4 is 0 Å². The molecule has 0 fully saturated rings. The van der Waals surface area contributed by atoms with Gasteiger partial charge in [0.15, 0.2) is 6.10 Å². The van der Waals surface area contributed by atoms with Crippen LogP contribution in [0.1, 0.15) is 226 Å². The first kappa shape index (κ1) is 55.8. The molecule has 0 aliphatic rings. The molecule has 2 atom stereocenters.